The molecule has 1 amide bonds. The maximum Gasteiger partial charge on any atom is 0.573 e. The largest absolute Gasteiger partial charge is 0.573 e. The molecule has 23 heavy (non-hydrogen) atoms. The summed E-state index contributed by atoms with van der Waals surface area (Å²) in [5.41, 5.74) is 0.708. The van der Waals surface area contributed by atoms with Gasteiger partial charge in [-0.15, -0.1) is 13.2 Å². The molecule has 0 unspecified atom stereocenters. The van der Waals surface area contributed by atoms with Crippen molar-refractivity contribution < 1.29 is 35.9 Å². The zero-order valence-corrected chi connectivity index (χ0v) is 11.7. The first-order chi connectivity index (χ1) is 10.5. The SMILES string of the molecule is O=C(CCC(F)(F)F)N1CC(c2ccc(OC(F)(F)F)cc2)C1. The van der Waals surface area contributed by atoms with Gasteiger partial charge in [0.25, 0.3) is 0 Å². The fraction of sp³-hybridized carbons (Fsp3) is 0.500. The van der Waals surface area contributed by atoms with Crippen molar-refractivity contribution in [2.24, 2.45) is 0 Å². The highest BCUT2D eigenvalue weighted by Crippen LogP contribution is 2.31. The maximum absolute atomic E-state index is 12.0. The average molecular weight is 341 g/mol. The molecule has 1 saturated heterocycles. The highest BCUT2D eigenvalue weighted by Gasteiger charge is 2.35. The Balaban J connectivity index is 1.82. The monoisotopic (exact) mass is 341 g/mol. The predicted octanol–water partition coefficient (Wildman–Crippen LogP) is 3.85. The molecule has 1 aromatic carbocycles. The summed E-state index contributed by atoms with van der Waals surface area (Å²) in [7, 11) is 0. The van der Waals surface area contributed by atoms with Crippen molar-refractivity contribution in [2.45, 2.75) is 31.3 Å². The normalized spacial score (nSPS) is 16.2. The van der Waals surface area contributed by atoms with E-state index in [4.69, 9.17) is 0 Å². The van der Waals surface area contributed by atoms with E-state index in [0.29, 0.717) is 5.56 Å². The second kappa shape index (κ2) is 6.29. The van der Waals surface area contributed by atoms with Gasteiger partial charge in [-0.3, -0.25) is 4.79 Å². The molecule has 2 rings (SSSR count). The molecule has 0 bridgehead atoms. The molecule has 1 aliphatic rings. The van der Waals surface area contributed by atoms with E-state index in [1.807, 2.05) is 0 Å². The minimum absolute atomic E-state index is 0.0928. The number of halogens is 6. The smallest absolute Gasteiger partial charge is 0.406 e. The summed E-state index contributed by atoms with van der Waals surface area (Å²) < 4.78 is 75.9. The number of hydrogen-bond donors (Lipinski definition) is 0. The number of carbonyl (C=O) groups excluding carboxylic acids is 1. The lowest BCUT2D eigenvalue weighted by Gasteiger charge is -2.39. The number of hydrogen-bond acceptors (Lipinski definition) is 2. The molecule has 1 aromatic rings. The molecule has 0 aliphatic carbocycles. The zero-order valence-electron chi connectivity index (χ0n) is 11.7. The number of ether oxygens (including phenoxy) is 1. The van der Waals surface area contributed by atoms with Crippen LogP contribution in [0.15, 0.2) is 24.3 Å². The Labute approximate surface area is 127 Å². The zero-order chi connectivity index (χ0) is 17.3. The van der Waals surface area contributed by atoms with E-state index in [2.05, 4.69) is 4.74 Å². The topological polar surface area (TPSA) is 29.5 Å². The Bertz CT molecular complexity index is 546. The molecule has 0 radical (unpaired) electrons. The molecular formula is C14H13F6NO2. The quantitative estimate of drug-likeness (QED) is 0.779. The van der Waals surface area contributed by atoms with Gasteiger partial charge < -0.3 is 9.64 Å². The lowest BCUT2D eigenvalue weighted by molar-refractivity contribution is -0.274. The third-order valence-electron chi connectivity index (χ3n) is 3.44. The maximum atomic E-state index is 12.0. The summed E-state index contributed by atoms with van der Waals surface area (Å²) in [5.74, 6) is -1.01. The van der Waals surface area contributed by atoms with Crippen LogP contribution in [0.4, 0.5) is 26.3 Å². The van der Waals surface area contributed by atoms with Crippen LogP contribution in [0.25, 0.3) is 0 Å². The van der Waals surface area contributed by atoms with Crippen molar-refractivity contribution >= 4 is 5.91 Å². The van der Waals surface area contributed by atoms with Crippen LogP contribution >= 0.6 is 0 Å². The fourth-order valence-electron chi connectivity index (χ4n) is 2.24. The van der Waals surface area contributed by atoms with Crippen LogP contribution in [-0.4, -0.2) is 36.4 Å². The summed E-state index contributed by atoms with van der Waals surface area (Å²) in [6.45, 7) is 0.520. The molecular weight excluding hydrogens is 328 g/mol. The van der Waals surface area contributed by atoms with Gasteiger partial charge in [0.1, 0.15) is 5.75 Å². The summed E-state index contributed by atoms with van der Waals surface area (Å²) in [6.07, 6.45) is -10.9. The van der Waals surface area contributed by atoms with E-state index in [1.54, 1.807) is 0 Å². The summed E-state index contributed by atoms with van der Waals surface area (Å²) in [4.78, 5) is 12.8. The average Bonchev–Trinajstić information content (AvgIpc) is 2.34. The van der Waals surface area contributed by atoms with Crippen LogP contribution < -0.4 is 4.74 Å². The van der Waals surface area contributed by atoms with Gasteiger partial charge in [-0.05, 0) is 17.7 Å². The van der Waals surface area contributed by atoms with Crippen molar-refractivity contribution in [1.29, 1.82) is 0 Å². The number of carbonyl (C=O) groups is 1. The highest BCUT2D eigenvalue weighted by molar-refractivity contribution is 5.77. The summed E-state index contributed by atoms with van der Waals surface area (Å²) in [5, 5.41) is 0. The molecule has 3 nitrogen and oxygen atoms in total. The number of nitrogens with zero attached hydrogens (tertiary/aromatic N) is 1. The Hall–Kier alpha value is -1.93. The summed E-state index contributed by atoms with van der Waals surface area (Å²) in [6, 6.07) is 5.22. The molecule has 0 spiro atoms. The van der Waals surface area contributed by atoms with E-state index in [-0.39, 0.29) is 24.8 Å². The van der Waals surface area contributed by atoms with Gasteiger partial charge in [0.15, 0.2) is 0 Å². The Kier molecular flexibility index (Phi) is 4.76. The van der Waals surface area contributed by atoms with E-state index in [0.717, 1.165) is 12.1 Å². The van der Waals surface area contributed by atoms with E-state index < -0.39 is 31.3 Å². The first-order valence-electron chi connectivity index (χ1n) is 6.74. The van der Waals surface area contributed by atoms with E-state index >= 15 is 0 Å². The van der Waals surface area contributed by atoms with Crippen LogP contribution in [0, 0.1) is 0 Å². The van der Waals surface area contributed by atoms with E-state index in [1.165, 1.54) is 17.0 Å². The van der Waals surface area contributed by atoms with Gasteiger partial charge >= 0.3 is 12.5 Å². The number of amides is 1. The van der Waals surface area contributed by atoms with Gasteiger partial charge in [-0.2, -0.15) is 13.2 Å². The lowest BCUT2D eigenvalue weighted by Crippen LogP contribution is -2.48. The molecule has 0 aromatic heterocycles. The molecule has 0 N–H and O–H groups in total. The van der Waals surface area contributed by atoms with Crippen LogP contribution in [0.5, 0.6) is 5.75 Å². The lowest BCUT2D eigenvalue weighted by atomic mass is 9.91. The standard InChI is InChI=1S/C14H13F6NO2/c15-13(16,17)6-5-12(22)21-7-10(8-21)9-1-3-11(4-2-9)23-14(18,19)20/h1-4,10H,5-8H2. The Morgan fingerprint density at radius 1 is 1.09 bits per heavy atom. The molecule has 128 valence electrons. The first-order valence-corrected chi connectivity index (χ1v) is 6.74. The second-order valence-electron chi connectivity index (χ2n) is 5.23. The fourth-order valence-corrected chi connectivity index (χ4v) is 2.24. The van der Waals surface area contributed by atoms with Crippen LogP contribution in [0.2, 0.25) is 0 Å². The van der Waals surface area contributed by atoms with Gasteiger partial charge in [0.05, 0.1) is 6.42 Å². The minimum Gasteiger partial charge on any atom is -0.406 e. The third kappa shape index (κ3) is 5.33. The van der Waals surface area contributed by atoms with Gasteiger partial charge in [0, 0.05) is 25.4 Å². The predicted molar refractivity (Wildman–Crippen MR) is 67.7 cm³/mol. The van der Waals surface area contributed by atoms with Crippen LogP contribution in [0.1, 0.15) is 24.3 Å². The van der Waals surface area contributed by atoms with E-state index in [9.17, 15) is 31.1 Å². The second-order valence-corrected chi connectivity index (χ2v) is 5.23. The van der Waals surface area contributed by atoms with Gasteiger partial charge in [0.2, 0.25) is 5.91 Å². The Morgan fingerprint density at radius 2 is 1.65 bits per heavy atom. The molecule has 9 heteroatoms. The molecule has 1 heterocycles. The third-order valence-corrected chi connectivity index (χ3v) is 3.44. The van der Waals surface area contributed by atoms with Gasteiger partial charge in [-0.1, -0.05) is 12.1 Å². The minimum atomic E-state index is -4.76. The van der Waals surface area contributed by atoms with Crippen molar-refractivity contribution in [2.75, 3.05) is 13.1 Å². The van der Waals surface area contributed by atoms with Gasteiger partial charge in [-0.25, -0.2) is 0 Å². The van der Waals surface area contributed by atoms with Crippen molar-refractivity contribution in [3.8, 4) is 5.75 Å². The van der Waals surface area contributed by atoms with Crippen LogP contribution in [0.3, 0.4) is 0 Å². The Morgan fingerprint density at radius 3 is 2.13 bits per heavy atom. The van der Waals surface area contributed by atoms with Crippen molar-refractivity contribution in [1.82, 2.24) is 4.90 Å². The number of likely N-dealkylation sites (tertiary alicyclic amines) is 1. The van der Waals surface area contributed by atoms with Crippen molar-refractivity contribution in [3.63, 3.8) is 0 Å². The molecule has 0 atom stereocenters. The summed E-state index contributed by atoms with van der Waals surface area (Å²) >= 11 is 0. The number of alkyl halides is 6. The highest BCUT2D eigenvalue weighted by atomic mass is 19.4. The first kappa shape index (κ1) is 17.4. The number of rotatable bonds is 4. The molecule has 0 saturated carbocycles. The van der Waals surface area contributed by atoms with Crippen LogP contribution in [-0.2, 0) is 4.79 Å². The molecule has 1 fully saturated rings. The number of benzene rings is 1. The molecule has 1 aliphatic heterocycles. The van der Waals surface area contributed by atoms with Crippen molar-refractivity contribution in [3.05, 3.63) is 29.8 Å².